The highest BCUT2D eigenvalue weighted by molar-refractivity contribution is 5.18. The normalized spacial score (nSPS) is 14.9. The molecule has 2 nitrogen and oxygen atoms in total. The van der Waals surface area contributed by atoms with Crippen LogP contribution in [0.2, 0.25) is 0 Å². The fourth-order valence-corrected chi connectivity index (χ4v) is 1.62. The van der Waals surface area contributed by atoms with Gasteiger partial charge in [-0.15, -0.1) is 0 Å². The van der Waals surface area contributed by atoms with Crippen molar-refractivity contribution in [3.05, 3.63) is 35.9 Å². The first-order chi connectivity index (χ1) is 7.27. The Kier molecular flexibility index (Phi) is 5.37. The first kappa shape index (κ1) is 12.2. The summed E-state index contributed by atoms with van der Waals surface area (Å²) in [6.07, 6.45) is 1.88. The topological polar surface area (TPSA) is 32.3 Å². The van der Waals surface area contributed by atoms with Gasteiger partial charge in [0.1, 0.15) is 0 Å². The highest BCUT2D eigenvalue weighted by Crippen LogP contribution is 2.17. The number of rotatable bonds is 6. The molecule has 1 aromatic rings. The van der Waals surface area contributed by atoms with Crippen LogP contribution in [0.5, 0.6) is 0 Å². The zero-order chi connectivity index (χ0) is 11.1. The van der Waals surface area contributed by atoms with Crippen LogP contribution in [-0.2, 0) is 0 Å². The molecule has 2 heteroatoms. The predicted molar refractivity (Wildman–Crippen MR) is 63.8 cm³/mol. The number of aliphatic hydroxyl groups excluding tert-OH is 1. The van der Waals surface area contributed by atoms with Crippen molar-refractivity contribution in [2.45, 2.75) is 38.8 Å². The summed E-state index contributed by atoms with van der Waals surface area (Å²) in [4.78, 5) is 0. The van der Waals surface area contributed by atoms with E-state index in [0.717, 1.165) is 12.8 Å². The van der Waals surface area contributed by atoms with Crippen molar-refractivity contribution in [3.63, 3.8) is 0 Å². The van der Waals surface area contributed by atoms with Crippen LogP contribution in [0.15, 0.2) is 30.3 Å². The van der Waals surface area contributed by atoms with Gasteiger partial charge in [0, 0.05) is 18.7 Å². The summed E-state index contributed by atoms with van der Waals surface area (Å²) in [6.45, 7) is 4.56. The molecule has 0 amide bonds. The van der Waals surface area contributed by atoms with E-state index in [0.29, 0.717) is 6.04 Å². The standard InChI is InChI=1S/C13H21NO/c1-3-11(2)14-13(9-10-15)12-7-5-4-6-8-12/h4-8,11,13-15H,3,9-10H2,1-2H3/t11?,13-/m1/s1. The van der Waals surface area contributed by atoms with E-state index in [4.69, 9.17) is 5.11 Å². The highest BCUT2D eigenvalue weighted by atomic mass is 16.3. The molecule has 15 heavy (non-hydrogen) atoms. The van der Waals surface area contributed by atoms with E-state index in [1.165, 1.54) is 5.56 Å². The third kappa shape index (κ3) is 4.02. The highest BCUT2D eigenvalue weighted by Gasteiger charge is 2.12. The molecule has 0 saturated carbocycles. The molecule has 0 fully saturated rings. The van der Waals surface area contributed by atoms with Gasteiger partial charge in [-0.05, 0) is 25.3 Å². The van der Waals surface area contributed by atoms with Crippen molar-refractivity contribution in [1.82, 2.24) is 5.32 Å². The van der Waals surface area contributed by atoms with Gasteiger partial charge in [-0.2, -0.15) is 0 Å². The molecule has 0 spiro atoms. The van der Waals surface area contributed by atoms with Gasteiger partial charge in [0.15, 0.2) is 0 Å². The summed E-state index contributed by atoms with van der Waals surface area (Å²) in [5, 5.41) is 12.6. The summed E-state index contributed by atoms with van der Waals surface area (Å²) in [5.74, 6) is 0. The first-order valence-electron chi connectivity index (χ1n) is 5.69. The van der Waals surface area contributed by atoms with Crippen LogP contribution in [0.1, 0.15) is 38.3 Å². The number of hydrogen-bond donors (Lipinski definition) is 2. The second-order valence-corrected chi connectivity index (χ2v) is 3.95. The molecule has 0 aliphatic rings. The number of nitrogens with one attached hydrogen (secondary N) is 1. The third-order valence-electron chi connectivity index (χ3n) is 2.72. The molecule has 1 unspecified atom stereocenters. The van der Waals surface area contributed by atoms with Crippen molar-refractivity contribution in [2.75, 3.05) is 6.61 Å². The number of aliphatic hydroxyl groups is 1. The molecule has 0 bridgehead atoms. The Morgan fingerprint density at radius 3 is 2.47 bits per heavy atom. The maximum Gasteiger partial charge on any atom is 0.0449 e. The molecule has 1 rings (SSSR count). The summed E-state index contributed by atoms with van der Waals surface area (Å²) < 4.78 is 0. The lowest BCUT2D eigenvalue weighted by atomic mass is 10.0. The van der Waals surface area contributed by atoms with E-state index < -0.39 is 0 Å². The molecule has 2 atom stereocenters. The summed E-state index contributed by atoms with van der Waals surface area (Å²) in [5.41, 5.74) is 1.26. The Bertz CT molecular complexity index is 260. The van der Waals surface area contributed by atoms with Gasteiger partial charge in [-0.1, -0.05) is 37.3 Å². The quantitative estimate of drug-likeness (QED) is 0.751. The van der Waals surface area contributed by atoms with Crippen LogP contribution in [-0.4, -0.2) is 17.8 Å². The largest absolute Gasteiger partial charge is 0.396 e. The molecule has 0 radical (unpaired) electrons. The van der Waals surface area contributed by atoms with Crippen molar-refractivity contribution in [2.24, 2.45) is 0 Å². The minimum atomic E-state index is 0.225. The first-order valence-corrected chi connectivity index (χ1v) is 5.69. The Morgan fingerprint density at radius 1 is 1.27 bits per heavy atom. The van der Waals surface area contributed by atoms with Crippen LogP contribution in [0.3, 0.4) is 0 Å². The lowest BCUT2D eigenvalue weighted by molar-refractivity contribution is 0.259. The van der Waals surface area contributed by atoms with E-state index >= 15 is 0 Å². The van der Waals surface area contributed by atoms with Crippen molar-refractivity contribution < 1.29 is 5.11 Å². The van der Waals surface area contributed by atoms with Crippen LogP contribution in [0.25, 0.3) is 0 Å². The van der Waals surface area contributed by atoms with Gasteiger partial charge in [0.05, 0.1) is 0 Å². The minimum absolute atomic E-state index is 0.225. The summed E-state index contributed by atoms with van der Waals surface area (Å²) in [6, 6.07) is 11.1. The number of hydrogen-bond acceptors (Lipinski definition) is 2. The van der Waals surface area contributed by atoms with Crippen LogP contribution >= 0.6 is 0 Å². The van der Waals surface area contributed by atoms with Gasteiger partial charge in [-0.25, -0.2) is 0 Å². The van der Waals surface area contributed by atoms with Crippen molar-refractivity contribution in [1.29, 1.82) is 0 Å². The Labute approximate surface area is 92.3 Å². The van der Waals surface area contributed by atoms with E-state index in [2.05, 4.69) is 31.3 Å². The monoisotopic (exact) mass is 207 g/mol. The zero-order valence-electron chi connectivity index (χ0n) is 9.61. The predicted octanol–water partition coefficient (Wildman–Crippen LogP) is 2.50. The van der Waals surface area contributed by atoms with Crippen molar-refractivity contribution >= 4 is 0 Å². The van der Waals surface area contributed by atoms with E-state index in [1.54, 1.807) is 0 Å². The smallest absolute Gasteiger partial charge is 0.0449 e. The molecule has 0 aliphatic heterocycles. The van der Waals surface area contributed by atoms with Crippen LogP contribution in [0.4, 0.5) is 0 Å². The van der Waals surface area contributed by atoms with Gasteiger partial charge < -0.3 is 10.4 Å². The molecule has 0 saturated heterocycles. The fraction of sp³-hybridized carbons (Fsp3) is 0.538. The lowest BCUT2D eigenvalue weighted by Gasteiger charge is -2.22. The van der Waals surface area contributed by atoms with Crippen LogP contribution in [0, 0.1) is 0 Å². The average molecular weight is 207 g/mol. The van der Waals surface area contributed by atoms with Gasteiger partial charge in [0.2, 0.25) is 0 Å². The summed E-state index contributed by atoms with van der Waals surface area (Å²) in [7, 11) is 0. The van der Waals surface area contributed by atoms with Crippen molar-refractivity contribution in [3.8, 4) is 0 Å². The molecular weight excluding hydrogens is 186 g/mol. The lowest BCUT2D eigenvalue weighted by Crippen LogP contribution is -2.30. The molecule has 84 valence electrons. The molecule has 0 aromatic heterocycles. The van der Waals surface area contributed by atoms with E-state index in [9.17, 15) is 0 Å². The Morgan fingerprint density at radius 2 is 1.93 bits per heavy atom. The Hall–Kier alpha value is -0.860. The molecule has 0 heterocycles. The minimum Gasteiger partial charge on any atom is -0.396 e. The zero-order valence-corrected chi connectivity index (χ0v) is 9.61. The van der Waals surface area contributed by atoms with E-state index in [-0.39, 0.29) is 12.6 Å². The second-order valence-electron chi connectivity index (χ2n) is 3.95. The van der Waals surface area contributed by atoms with E-state index in [1.807, 2.05) is 18.2 Å². The molecular formula is C13H21NO. The fourth-order valence-electron chi connectivity index (χ4n) is 1.62. The Balaban J connectivity index is 2.65. The third-order valence-corrected chi connectivity index (χ3v) is 2.72. The maximum atomic E-state index is 9.04. The second kappa shape index (κ2) is 6.59. The molecule has 1 aromatic carbocycles. The average Bonchev–Trinajstić information content (AvgIpc) is 2.29. The SMILES string of the molecule is CCC(C)N[C@H](CCO)c1ccccc1. The molecule has 2 N–H and O–H groups in total. The van der Waals surface area contributed by atoms with Gasteiger partial charge in [0.25, 0.3) is 0 Å². The molecule has 0 aliphatic carbocycles. The maximum absolute atomic E-state index is 9.04. The van der Waals surface area contributed by atoms with Gasteiger partial charge in [-0.3, -0.25) is 0 Å². The number of benzene rings is 1. The van der Waals surface area contributed by atoms with Gasteiger partial charge >= 0.3 is 0 Å². The summed E-state index contributed by atoms with van der Waals surface area (Å²) >= 11 is 0. The van der Waals surface area contributed by atoms with Crippen LogP contribution < -0.4 is 5.32 Å².